The third-order valence-electron chi connectivity index (χ3n) is 3.07. The molecule has 1 heterocycles. The number of nitrogen functional groups attached to an aromatic ring is 1. The fourth-order valence-corrected chi connectivity index (χ4v) is 1.96. The van der Waals surface area contributed by atoms with Gasteiger partial charge in [-0.1, -0.05) is 19.1 Å². The molecule has 0 unspecified atom stereocenters. The predicted octanol–water partition coefficient (Wildman–Crippen LogP) is 3.15. The van der Waals surface area contributed by atoms with Crippen molar-refractivity contribution in [3.05, 3.63) is 53.3 Å². The molecule has 0 bridgehead atoms. The Morgan fingerprint density at radius 2 is 2.11 bits per heavy atom. The molecule has 0 saturated carbocycles. The van der Waals surface area contributed by atoms with Gasteiger partial charge in [0.05, 0.1) is 12.2 Å². The number of nitrogens with one attached hydrogen (secondary N) is 1. The molecule has 0 radical (unpaired) electrons. The normalized spacial score (nSPS) is 10.3. The summed E-state index contributed by atoms with van der Waals surface area (Å²) < 4.78 is 0. The van der Waals surface area contributed by atoms with E-state index in [9.17, 15) is 0 Å². The van der Waals surface area contributed by atoms with Crippen LogP contribution in [-0.4, -0.2) is 4.98 Å². The molecule has 3 N–H and O–H groups in total. The highest BCUT2D eigenvalue weighted by atomic mass is 14.9. The second-order valence-electron chi connectivity index (χ2n) is 4.39. The highest BCUT2D eigenvalue weighted by Gasteiger charge is 2.03. The largest absolute Gasteiger partial charge is 0.399 e. The van der Waals surface area contributed by atoms with Crippen molar-refractivity contribution in [2.45, 2.75) is 26.8 Å². The van der Waals surface area contributed by atoms with Crippen molar-refractivity contribution >= 4 is 11.4 Å². The van der Waals surface area contributed by atoms with Gasteiger partial charge >= 0.3 is 0 Å². The van der Waals surface area contributed by atoms with Crippen molar-refractivity contribution in [1.29, 1.82) is 0 Å². The lowest BCUT2D eigenvalue weighted by molar-refractivity contribution is 0.970. The molecular weight excluding hydrogens is 222 g/mol. The van der Waals surface area contributed by atoms with E-state index in [1.165, 1.54) is 11.1 Å². The van der Waals surface area contributed by atoms with E-state index in [0.717, 1.165) is 30.0 Å². The Labute approximate surface area is 108 Å². The number of nitrogens with two attached hydrogens (primary N) is 1. The minimum Gasteiger partial charge on any atom is -0.399 e. The molecule has 94 valence electrons. The summed E-state index contributed by atoms with van der Waals surface area (Å²) in [6.07, 6.45) is 2.84. The molecule has 0 aliphatic carbocycles. The van der Waals surface area contributed by atoms with E-state index in [1.807, 2.05) is 30.5 Å². The number of pyridine rings is 1. The molecule has 0 spiro atoms. The van der Waals surface area contributed by atoms with Crippen LogP contribution in [-0.2, 0) is 13.0 Å². The monoisotopic (exact) mass is 241 g/mol. The number of anilines is 2. The minimum absolute atomic E-state index is 0.730. The molecule has 18 heavy (non-hydrogen) atoms. The number of aryl methyl sites for hydroxylation is 2. The van der Waals surface area contributed by atoms with Gasteiger partial charge in [0, 0.05) is 17.6 Å². The maximum atomic E-state index is 5.80. The van der Waals surface area contributed by atoms with Gasteiger partial charge in [0.25, 0.3) is 0 Å². The Morgan fingerprint density at radius 1 is 1.28 bits per heavy atom. The fourth-order valence-electron chi connectivity index (χ4n) is 1.96. The molecule has 3 nitrogen and oxygen atoms in total. The molecule has 3 heteroatoms. The zero-order valence-corrected chi connectivity index (χ0v) is 10.9. The smallest absolute Gasteiger partial charge is 0.0626 e. The molecule has 2 aromatic rings. The highest BCUT2D eigenvalue weighted by Crippen LogP contribution is 2.19. The Bertz CT molecular complexity index is 535. The second kappa shape index (κ2) is 5.54. The summed E-state index contributed by atoms with van der Waals surface area (Å²) in [5, 5.41) is 3.40. The van der Waals surface area contributed by atoms with Crippen molar-refractivity contribution in [3.63, 3.8) is 0 Å². The summed E-state index contributed by atoms with van der Waals surface area (Å²) in [6, 6.07) is 10.0. The van der Waals surface area contributed by atoms with Crippen LogP contribution in [0.4, 0.5) is 11.4 Å². The quantitative estimate of drug-likeness (QED) is 0.808. The number of hydrogen-bond acceptors (Lipinski definition) is 3. The Hall–Kier alpha value is -2.03. The van der Waals surface area contributed by atoms with Gasteiger partial charge in [0.15, 0.2) is 0 Å². The second-order valence-corrected chi connectivity index (χ2v) is 4.39. The number of hydrogen-bond donors (Lipinski definition) is 2. The first kappa shape index (κ1) is 12.4. The summed E-state index contributed by atoms with van der Waals surface area (Å²) in [4.78, 5) is 4.42. The summed E-state index contributed by atoms with van der Waals surface area (Å²) in [6.45, 7) is 4.95. The van der Waals surface area contributed by atoms with Crippen LogP contribution >= 0.6 is 0 Å². The van der Waals surface area contributed by atoms with Crippen LogP contribution in [0.3, 0.4) is 0 Å². The molecular formula is C15H19N3. The van der Waals surface area contributed by atoms with Crippen molar-refractivity contribution in [3.8, 4) is 0 Å². The average Bonchev–Trinajstić information content (AvgIpc) is 2.40. The van der Waals surface area contributed by atoms with Crippen LogP contribution in [0.5, 0.6) is 0 Å². The van der Waals surface area contributed by atoms with Gasteiger partial charge in [-0.15, -0.1) is 0 Å². The van der Waals surface area contributed by atoms with Crippen LogP contribution in [0.1, 0.15) is 23.7 Å². The average molecular weight is 241 g/mol. The molecule has 0 aliphatic rings. The summed E-state index contributed by atoms with van der Waals surface area (Å²) >= 11 is 0. The lowest BCUT2D eigenvalue weighted by atomic mass is 10.1. The van der Waals surface area contributed by atoms with Crippen LogP contribution < -0.4 is 11.1 Å². The van der Waals surface area contributed by atoms with Crippen LogP contribution in [0.25, 0.3) is 0 Å². The number of aromatic nitrogens is 1. The van der Waals surface area contributed by atoms with Gasteiger partial charge in [-0.3, -0.25) is 4.98 Å². The lowest BCUT2D eigenvalue weighted by Crippen LogP contribution is -2.06. The van der Waals surface area contributed by atoms with Gasteiger partial charge in [0.1, 0.15) is 0 Å². The maximum Gasteiger partial charge on any atom is 0.0626 e. The van der Waals surface area contributed by atoms with Gasteiger partial charge < -0.3 is 11.1 Å². The first-order valence-electron chi connectivity index (χ1n) is 6.23. The third-order valence-corrected chi connectivity index (χ3v) is 3.07. The standard InChI is InChI=1S/C15H19N3/c1-3-12-5-4-8-17-15(12)10-18-14-9-13(16)7-6-11(14)2/h4-9,18H,3,10,16H2,1-2H3. The van der Waals surface area contributed by atoms with E-state index in [1.54, 1.807) is 0 Å². The molecule has 1 aromatic heterocycles. The van der Waals surface area contributed by atoms with E-state index in [4.69, 9.17) is 5.73 Å². The zero-order valence-electron chi connectivity index (χ0n) is 10.9. The summed E-state index contributed by atoms with van der Waals surface area (Å²) in [5.74, 6) is 0. The van der Waals surface area contributed by atoms with Gasteiger partial charge in [0.2, 0.25) is 0 Å². The first-order valence-corrected chi connectivity index (χ1v) is 6.23. The number of nitrogens with zero attached hydrogens (tertiary/aromatic N) is 1. The third kappa shape index (κ3) is 2.80. The first-order chi connectivity index (χ1) is 8.70. The van der Waals surface area contributed by atoms with Gasteiger partial charge in [-0.2, -0.15) is 0 Å². The highest BCUT2D eigenvalue weighted by molar-refractivity contribution is 5.59. The zero-order chi connectivity index (χ0) is 13.0. The topological polar surface area (TPSA) is 50.9 Å². The molecule has 0 saturated heterocycles. The lowest BCUT2D eigenvalue weighted by Gasteiger charge is -2.12. The van der Waals surface area contributed by atoms with E-state index < -0.39 is 0 Å². The van der Waals surface area contributed by atoms with Crippen LogP contribution in [0.2, 0.25) is 0 Å². The summed E-state index contributed by atoms with van der Waals surface area (Å²) in [5.41, 5.74) is 11.2. The number of benzene rings is 1. The molecule has 2 rings (SSSR count). The molecule has 0 fully saturated rings. The maximum absolute atomic E-state index is 5.80. The molecule has 0 amide bonds. The fraction of sp³-hybridized carbons (Fsp3) is 0.267. The van der Waals surface area contributed by atoms with Crippen molar-refractivity contribution in [1.82, 2.24) is 4.98 Å². The van der Waals surface area contributed by atoms with Gasteiger partial charge in [-0.05, 0) is 42.7 Å². The predicted molar refractivity (Wildman–Crippen MR) is 76.5 cm³/mol. The van der Waals surface area contributed by atoms with Crippen LogP contribution in [0.15, 0.2) is 36.5 Å². The Kier molecular flexibility index (Phi) is 3.82. The Balaban J connectivity index is 2.14. The van der Waals surface area contributed by atoms with E-state index in [-0.39, 0.29) is 0 Å². The molecule has 0 atom stereocenters. The van der Waals surface area contributed by atoms with Gasteiger partial charge in [-0.25, -0.2) is 0 Å². The van der Waals surface area contributed by atoms with Crippen molar-refractivity contribution in [2.75, 3.05) is 11.1 Å². The Morgan fingerprint density at radius 3 is 2.89 bits per heavy atom. The van der Waals surface area contributed by atoms with E-state index in [0.29, 0.717) is 0 Å². The number of rotatable bonds is 4. The summed E-state index contributed by atoms with van der Waals surface area (Å²) in [7, 11) is 0. The van der Waals surface area contributed by atoms with E-state index >= 15 is 0 Å². The SMILES string of the molecule is CCc1cccnc1CNc1cc(N)ccc1C. The van der Waals surface area contributed by atoms with Crippen molar-refractivity contribution in [2.24, 2.45) is 0 Å². The van der Waals surface area contributed by atoms with E-state index in [2.05, 4.69) is 30.2 Å². The molecule has 1 aromatic carbocycles. The van der Waals surface area contributed by atoms with Crippen molar-refractivity contribution < 1.29 is 0 Å². The molecule has 0 aliphatic heterocycles. The minimum atomic E-state index is 0.730. The van der Waals surface area contributed by atoms with Crippen LogP contribution in [0, 0.1) is 6.92 Å².